The minimum Gasteiger partial charge on any atom is -0.306 e. The third-order valence-electron chi connectivity index (χ3n) is 2.28. The highest BCUT2D eigenvalue weighted by Gasteiger charge is 2.22. The molecule has 3 nitrogen and oxygen atoms in total. The zero-order valence-electron chi connectivity index (χ0n) is 7.27. The van der Waals surface area contributed by atoms with Crippen molar-refractivity contribution in [3.63, 3.8) is 0 Å². The van der Waals surface area contributed by atoms with Gasteiger partial charge in [-0.3, -0.25) is 0 Å². The summed E-state index contributed by atoms with van der Waals surface area (Å²) >= 11 is 0. The summed E-state index contributed by atoms with van der Waals surface area (Å²) in [5.41, 5.74) is 1.26. The van der Waals surface area contributed by atoms with E-state index in [1.807, 2.05) is 12.4 Å². The molecule has 1 fully saturated rings. The van der Waals surface area contributed by atoms with Crippen LogP contribution in [0.15, 0.2) is 18.7 Å². The van der Waals surface area contributed by atoms with Crippen LogP contribution >= 0.6 is 0 Å². The van der Waals surface area contributed by atoms with Gasteiger partial charge in [0, 0.05) is 25.5 Å². The molecule has 1 aromatic rings. The predicted molar refractivity (Wildman–Crippen MR) is 46.7 cm³/mol. The van der Waals surface area contributed by atoms with Gasteiger partial charge in [-0.2, -0.15) is 0 Å². The average molecular weight is 163 g/mol. The number of rotatable bonds is 2. The van der Waals surface area contributed by atoms with Crippen LogP contribution in [-0.2, 0) is 6.42 Å². The van der Waals surface area contributed by atoms with E-state index in [2.05, 4.69) is 21.9 Å². The van der Waals surface area contributed by atoms with Gasteiger partial charge in [0.2, 0.25) is 0 Å². The molecule has 3 heteroatoms. The fourth-order valence-electron chi connectivity index (χ4n) is 1.73. The highest BCUT2D eigenvalue weighted by molar-refractivity contribution is 5.05. The fourth-order valence-corrected chi connectivity index (χ4v) is 1.73. The highest BCUT2D eigenvalue weighted by Crippen LogP contribution is 2.17. The maximum absolute atomic E-state index is 3.99. The van der Waals surface area contributed by atoms with Crippen LogP contribution in [0.2, 0.25) is 0 Å². The molecule has 0 saturated carbocycles. The Morgan fingerprint density at radius 1 is 1.42 bits per heavy atom. The van der Waals surface area contributed by atoms with E-state index in [0.717, 1.165) is 12.3 Å². The van der Waals surface area contributed by atoms with E-state index in [1.54, 1.807) is 6.33 Å². The molecule has 0 N–H and O–H groups in total. The smallest absolute Gasteiger partial charge is 0.115 e. The second-order valence-corrected chi connectivity index (χ2v) is 3.54. The van der Waals surface area contributed by atoms with E-state index in [-0.39, 0.29) is 0 Å². The molecule has 0 atom stereocenters. The normalized spacial score (nSPS) is 19.1. The number of aromatic nitrogens is 2. The molecule has 12 heavy (non-hydrogen) atoms. The lowest BCUT2D eigenvalue weighted by Gasteiger charge is -2.36. The van der Waals surface area contributed by atoms with E-state index in [4.69, 9.17) is 0 Å². The Hall–Kier alpha value is -0.960. The SMILES string of the molecule is CN1CC(Cc2cncnc2)C1. The van der Waals surface area contributed by atoms with E-state index in [9.17, 15) is 0 Å². The summed E-state index contributed by atoms with van der Waals surface area (Å²) in [5.74, 6) is 0.820. The molecule has 2 rings (SSSR count). The summed E-state index contributed by atoms with van der Waals surface area (Å²) < 4.78 is 0. The first-order valence-electron chi connectivity index (χ1n) is 4.27. The summed E-state index contributed by atoms with van der Waals surface area (Å²) in [6, 6.07) is 0. The van der Waals surface area contributed by atoms with Gasteiger partial charge >= 0.3 is 0 Å². The summed E-state index contributed by atoms with van der Waals surface area (Å²) in [4.78, 5) is 10.3. The van der Waals surface area contributed by atoms with Crippen LogP contribution < -0.4 is 0 Å². The van der Waals surface area contributed by atoms with Crippen molar-refractivity contribution in [2.45, 2.75) is 6.42 Å². The molecular weight excluding hydrogens is 150 g/mol. The van der Waals surface area contributed by atoms with Gasteiger partial charge < -0.3 is 4.90 Å². The van der Waals surface area contributed by atoms with Crippen molar-refractivity contribution in [2.24, 2.45) is 5.92 Å². The second kappa shape index (κ2) is 3.19. The van der Waals surface area contributed by atoms with Crippen molar-refractivity contribution in [2.75, 3.05) is 20.1 Å². The van der Waals surface area contributed by atoms with Gasteiger partial charge in [-0.1, -0.05) is 0 Å². The van der Waals surface area contributed by atoms with Crippen molar-refractivity contribution in [3.05, 3.63) is 24.3 Å². The number of hydrogen-bond acceptors (Lipinski definition) is 3. The lowest BCUT2D eigenvalue weighted by Crippen LogP contribution is -2.44. The third-order valence-corrected chi connectivity index (χ3v) is 2.28. The predicted octanol–water partition coefficient (Wildman–Crippen LogP) is 0.581. The number of nitrogens with zero attached hydrogens (tertiary/aromatic N) is 3. The van der Waals surface area contributed by atoms with E-state index < -0.39 is 0 Å². The Morgan fingerprint density at radius 3 is 2.67 bits per heavy atom. The minimum absolute atomic E-state index is 0.820. The zero-order chi connectivity index (χ0) is 8.39. The van der Waals surface area contributed by atoms with Gasteiger partial charge in [-0.15, -0.1) is 0 Å². The lowest BCUT2D eigenvalue weighted by atomic mass is 9.94. The molecule has 0 unspecified atom stereocenters. The number of likely N-dealkylation sites (tertiary alicyclic amines) is 1. The third kappa shape index (κ3) is 1.61. The van der Waals surface area contributed by atoms with Crippen molar-refractivity contribution in [3.8, 4) is 0 Å². The van der Waals surface area contributed by atoms with Gasteiger partial charge in [0.25, 0.3) is 0 Å². The van der Waals surface area contributed by atoms with Crippen LogP contribution in [0.1, 0.15) is 5.56 Å². The summed E-state index contributed by atoms with van der Waals surface area (Å²) in [7, 11) is 2.15. The fraction of sp³-hybridized carbons (Fsp3) is 0.556. The largest absolute Gasteiger partial charge is 0.306 e. The summed E-state index contributed by atoms with van der Waals surface area (Å²) in [6.45, 7) is 2.43. The second-order valence-electron chi connectivity index (χ2n) is 3.54. The first kappa shape index (κ1) is 7.68. The first-order valence-corrected chi connectivity index (χ1v) is 4.27. The van der Waals surface area contributed by atoms with Gasteiger partial charge in [-0.25, -0.2) is 9.97 Å². The Kier molecular flexibility index (Phi) is 2.04. The monoisotopic (exact) mass is 163 g/mol. The van der Waals surface area contributed by atoms with Gasteiger partial charge in [0.1, 0.15) is 6.33 Å². The van der Waals surface area contributed by atoms with Crippen LogP contribution in [0.25, 0.3) is 0 Å². The van der Waals surface area contributed by atoms with Crippen LogP contribution in [0.3, 0.4) is 0 Å². The van der Waals surface area contributed by atoms with Crippen molar-refractivity contribution < 1.29 is 0 Å². The molecular formula is C9H13N3. The Labute approximate surface area is 72.4 Å². The zero-order valence-corrected chi connectivity index (χ0v) is 7.27. The van der Waals surface area contributed by atoms with Crippen LogP contribution in [0, 0.1) is 5.92 Å². The molecule has 1 aromatic heterocycles. The topological polar surface area (TPSA) is 29.0 Å². The van der Waals surface area contributed by atoms with Gasteiger partial charge in [-0.05, 0) is 24.9 Å². The van der Waals surface area contributed by atoms with Gasteiger partial charge in [0.15, 0.2) is 0 Å². The van der Waals surface area contributed by atoms with E-state index in [1.165, 1.54) is 18.7 Å². The number of hydrogen-bond donors (Lipinski definition) is 0. The first-order chi connectivity index (χ1) is 5.84. The highest BCUT2D eigenvalue weighted by atomic mass is 15.2. The molecule has 2 heterocycles. The van der Waals surface area contributed by atoms with Crippen molar-refractivity contribution in [1.82, 2.24) is 14.9 Å². The Morgan fingerprint density at radius 2 is 2.08 bits per heavy atom. The van der Waals surface area contributed by atoms with Crippen LogP contribution in [-0.4, -0.2) is 35.0 Å². The quantitative estimate of drug-likeness (QED) is 0.638. The minimum atomic E-state index is 0.820. The Balaban J connectivity index is 1.88. The molecule has 1 aliphatic rings. The lowest BCUT2D eigenvalue weighted by molar-refractivity contribution is 0.134. The maximum atomic E-state index is 3.99. The molecule has 64 valence electrons. The Bertz CT molecular complexity index is 241. The molecule has 0 spiro atoms. The summed E-state index contributed by atoms with van der Waals surface area (Å²) in [5, 5.41) is 0. The van der Waals surface area contributed by atoms with Crippen LogP contribution in [0.5, 0.6) is 0 Å². The molecule has 1 aliphatic heterocycles. The van der Waals surface area contributed by atoms with Crippen LogP contribution in [0.4, 0.5) is 0 Å². The maximum Gasteiger partial charge on any atom is 0.115 e. The van der Waals surface area contributed by atoms with Crippen molar-refractivity contribution >= 4 is 0 Å². The molecule has 1 saturated heterocycles. The molecule has 0 aromatic carbocycles. The summed E-state index contributed by atoms with van der Waals surface area (Å²) in [6.07, 6.45) is 6.53. The van der Waals surface area contributed by atoms with Crippen molar-refractivity contribution in [1.29, 1.82) is 0 Å². The molecule has 0 aliphatic carbocycles. The average Bonchev–Trinajstić information content (AvgIpc) is 2.04. The van der Waals surface area contributed by atoms with Gasteiger partial charge in [0.05, 0.1) is 0 Å². The van der Waals surface area contributed by atoms with E-state index in [0.29, 0.717) is 0 Å². The molecule has 0 amide bonds. The molecule has 0 bridgehead atoms. The van der Waals surface area contributed by atoms with E-state index >= 15 is 0 Å². The molecule has 0 radical (unpaired) electrons. The standard InChI is InChI=1S/C9H13N3/c1-12-5-9(6-12)2-8-3-10-7-11-4-8/h3-4,7,9H,2,5-6H2,1H3.